The Hall–Kier alpha value is -4.78. The summed E-state index contributed by atoms with van der Waals surface area (Å²) in [6.07, 6.45) is -1.12. The molecule has 0 saturated heterocycles. The highest BCUT2D eigenvalue weighted by molar-refractivity contribution is 6.08. The van der Waals surface area contributed by atoms with E-state index in [4.69, 9.17) is 4.74 Å². The third-order valence-electron chi connectivity index (χ3n) is 6.59. The zero-order valence-corrected chi connectivity index (χ0v) is 21.6. The van der Waals surface area contributed by atoms with Gasteiger partial charge in [0.15, 0.2) is 6.10 Å². The smallest absolute Gasteiger partial charge is 0.356 e. The SMILES string of the molecule is Cc1ccc(-c2c(C(=O)OC(C)C(=O)Nc3cc(C)nc4ccccc34)n(C)c(=O)c3ccccc23)cc1. The van der Waals surface area contributed by atoms with Gasteiger partial charge in [0.2, 0.25) is 0 Å². The molecule has 3 aromatic carbocycles. The summed E-state index contributed by atoms with van der Waals surface area (Å²) in [5.41, 5.74) is 4.26. The number of para-hydroxylation sites is 1. The minimum absolute atomic E-state index is 0.0856. The van der Waals surface area contributed by atoms with Gasteiger partial charge in [-0.3, -0.25) is 14.6 Å². The highest BCUT2D eigenvalue weighted by Gasteiger charge is 2.26. The van der Waals surface area contributed by atoms with Crippen LogP contribution < -0.4 is 10.9 Å². The van der Waals surface area contributed by atoms with Crippen molar-refractivity contribution in [2.75, 3.05) is 5.32 Å². The van der Waals surface area contributed by atoms with Crippen molar-refractivity contribution < 1.29 is 14.3 Å². The molecule has 0 bridgehead atoms. The van der Waals surface area contributed by atoms with Gasteiger partial charge in [0.25, 0.3) is 11.5 Å². The largest absolute Gasteiger partial charge is 0.448 e. The van der Waals surface area contributed by atoms with Gasteiger partial charge in [-0.15, -0.1) is 0 Å². The average Bonchev–Trinajstić information content (AvgIpc) is 2.91. The Labute approximate surface area is 219 Å². The van der Waals surface area contributed by atoms with Crippen molar-refractivity contribution in [2.24, 2.45) is 7.05 Å². The molecule has 0 radical (unpaired) electrons. The molecule has 7 heteroatoms. The highest BCUT2D eigenvalue weighted by Crippen LogP contribution is 2.31. The number of hydrogen-bond acceptors (Lipinski definition) is 5. The molecule has 190 valence electrons. The normalized spacial score (nSPS) is 11.9. The molecule has 2 aromatic heterocycles. The van der Waals surface area contributed by atoms with Gasteiger partial charge in [-0.25, -0.2) is 4.79 Å². The second-order valence-corrected chi connectivity index (χ2v) is 9.36. The van der Waals surface area contributed by atoms with Crippen LogP contribution in [0.2, 0.25) is 0 Å². The maximum Gasteiger partial charge on any atom is 0.356 e. The molecular weight excluding hydrogens is 478 g/mol. The van der Waals surface area contributed by atoms with Crippen LogP contribution >= 0.6 is 0 Å². The summed E-state index contributed by atoms with van der Waals surface area (Å²) in [6, 6.07) is 24.1. The Morgan fingerprint density at radius 3 is 2.24 bits per heavy atom. The Morgan fingerprint density at radius 2 is 1.53 bits per heavy atom. The third-order valence-corrected chi connectivity index (χ3v) is 6.59. The van der Waals surface area contributed by atoms with E-state index in [1.54, 1.807) is 25.2 Å². The standard InChI is InChI=1S/C31H27N3O4/c1-18-13-15-21(16-14-18)27-22-9-5-6-10-23(22)30(36)34(4)28(27)31(37)38-20(3)29(35)33-26-17-19(2)32-25-12-8-7-11-24(25)26/h5-17,20H,1-4H3,(H,32,33,35). The van der Waals surface area contributed by atoms with Crippen LogP contribution in [-0.4, -0.2) is 27.5 Å². The first-order valence-electron chi connectivity index (χ1n) is 12.3. The number of benzene rings is 3. The van der Waals surface area contributed by atoms with Crippen molar-refractivity contribution in [1.82, 2.24) is 9.55 Å². The number of carbonyl (C=O) groups excluding carboxylic acids is 2. The van der Waals surface area contributed by atoms with Gasteiger partial charge < -0.3 is 14.6 Å². The number of aryl methyl sites for hydroxylation is 2. The highest BCUT2D eigenvalue weighted by atomic mass is 16.5. The molecule has 5 rings (SSSR count). The van der Waals surface area contributed by atoms with Gasteiger partial charge in [0.05, 0.1) is 11.2 Å². The van der Waals surface area contributed by atoms with Crippen molar-refractivity contribution in [3.63, 3.8) is 0 Å². The summed E-state index contributed by atoms with van der Waals surface area (Å²) >= 11 is 0. The molecule has 5 aromatic rings. The molecular formula is C31H27N3O4. The van der Waals surface area contributed by atoms with Crippen LogP contribution in [0.15, 0.2) is 83.7 Å². The molecule has 1 N–H and O–H groups in total. The number of rotatable bonds is 5. The summed E-state index contributed by atoms with van der Waals surface area (Å²) < 4.78 is 6.95. The quantitative estimate of drug-likeness (QED) is 0.316. The summed E-state index contributed by atoms with van der Waals surface area (Å²) in [6.45, 7) is 5.33. The van der Waals surface area contributed by atoms with Gasteiger partial charge in [-0.1, -0.05) is 66.2 Å². The Balaban J connectivity index is 1.51. The van der Waals surface area contributed by atoms with Gasteiger partial charge in [0, 0.05) is 29.1 Å². The molecule has 38 heavy (non-hydrogen) atoms. The van der Waals surface area contributed by atoms with Crippen LogP contribution in [0.1, 0.15) is 28.7 Å². The first-order chi connectivity index (χ1) is 18.2. The lowest BCUT2D eigenvalue weighted by atomic mass is 9.96. The van der Waals surface area contributed by atoms with Crippen LogP contribution in [-0.2, 0) is 16.6 Å². The lowest BCUT2D eigenvalue weighted by molar-refractivity contribution is -0.123. The predicted molar refractivity (Wildman–Crippen MR) is 149 cm³/mol. The molecule has 1 amide bonds. The van der Waals surface area contributed by atoms with Crippen molar-refractivity contribution in [2.45, 2.75) is 26.9 Å². The number of carbonyl (C=O) groups is 2. The lowest BCUT2D eigenvalue weighted by Crippen LogP contribution is -2.33. The summed E-state index contributed by atoms with van der Waals surface area (Å²) in [5.74, 6) is -1.25. The summed E-state index contributed by atoms with van der Waals surface area (Å²) in [5, 5.41) is 4.78. The molecule has 0 saturated carbocycles. The monoisotopic (exact) mass is 505 g/mol. The molecule has 0 aliphatic heterocycles. The second-order valence-electron chi connectivity index (χ2n) is 9.36. The van der Waals surface area contributed by atoms with E-state index in [0.29, 0.717) is 22.0 Å². The van der Waals surface area contributed by atoms with Gasteiger partial charge in [-0.2, -0.15) is 0 Å². The first-order valence-corrected chi connectivity index (χ1v) is 12.3. The topological polar surface area (TPSA) is 90.3 Å². The number of nitrogens with zero attached hydrogens (tertiary/aromatic N) is 2. The molecule has 0 aliphatic carbocycles. The van der Waals surface area contributed by atoms with Crippen molar-refractivity contribution in [3.05, 3.63) is 106 Å². The third kappa shape index (κ3) is 4.54. The van der Waals surface area contributed by atoms with Crippen LogP contribution in [0.5, 0.6) is 0 Å². The van der Waals surface area contributed by atoms with E-state index < -0.39 is 18.0 Å². The number of hydrogen-bond donors (Lipinski definition) is 1. The molecule has 0 aliphatic rings. The van der Waals surface area contributed by atoms with E-state index in [1.807, 2.05) is 74.5 Å². The Morgan fingerprint density at radius 1 is 0.895 bits per heavy atom. The van der Waals surface area contributed by atoms with Crippen molar-refractivity contribution in [1.29, 1.82) is 0 Å². The van der Waals surface area contributed by atoms with E-state index >= 15 is 0 Å². The minimum Gasteiger partial charge on any atom is -0.448 e. The minimum atomic E-state index is -1.12. The average molecular weight is 506 g/mol. The summed E-state index contributed by atoms with van der Waals surface area (Å²) in [7, 11) is 1.54. The van der Waals surface area contributed by atoms with Crippen LogP contribution in [0.3, 0.4) is 0 Å². The lowest BCUT2D eigenvalue weighted by Gasteiger charge is -2.19. The van der Waals surface area contributed by atoms with Gasteiger partial charge in [0.1, 0.15) is 5.69 Å². The van der Waals surface area contributed by atoms with E-state index in [0.717, 1.165) is 27.7 Å². The molecule has 0 spiro atoms. The zero-order valence-electron chi connectivity index (χ0n) is 21.6. The fourth-order valence-electron chi connectivity index (χ4n) is 4.63. The molecule has 1 atom stereocenters. The van der Waals surface area contributed by atoms with E-state index in [2.05, 4.69) is 10.3 Å². The van der Waals surface area contributed by atoms with Crippen LogP contribution in [0, 0.1) is 13.8 Å². The number of pyridine rings is 2. The van der Waals surface area contributed by atoms with E-state index in [9.17, 15) is 14.4 Å². The fraction of sp³-hybridized carbons (Fsp3) is 0.161. The Kier molecular flexibility index (Phi) is 6.51. The number of esters is 1. The molecule has 2 heterocycles. The zero-order chi connectivity index (χ0) is 27.0. The van der Waals surface area contributed by atoms with Crippen molar-refractivity contribution in [3.8, 4) is 11.1 Å². The molecule has 1 unspecified atom stereocenters. The maximum absolute atomic E-state index is 13.6. The van der Waals surface area contributed by atoms with Crippen LogP contribution in [0.25, 0.3) is 32.8 Å². The van der Waals surface area contributed by atoms with Gasteiger partial charge in [-0.05, 0) is 49.9 Å². The summed E-state index contributed by atoms with van der Waals surface area (Å²) in [4.78, 5) is 44.4. The Bertz CT molecular complexity index is 1770. The number of ether oxygens (including phenoxy) is 1. The maximum atomic E-state index is 13.6. The first kappa shape index (κ1) is 24.9. The fourth-order valence-corrected chi connectivity index (χ4v) is 4.63. The second kappa shape index (κ2) is 9.94. The number of aromatic nitrogens is 2. The van der Waals surface area contributed by atoms with E-state index in [1.165, 1.54) is 11.5 Å². The molecule has 0 fully saturated rings. The number of anilines is 1. The number of nitrogens with one attached hydrogen (secondary N) is 1. The van der Waals surface area contributed by atoms with Crippen molar-refractivity contribution >= 4 is 39.2 Å². The van der Waals surface area contributed by atoms with Crippen LogP contribution in [0.4, 0.5) is 5.69 Å². The van der Waals surface area contributed by atoms with E-state index in [-0.39, 0.29) is 11.3 Å². The number of fused-ring (bicyclic) bond motifs is 2. The molecule has 7 nitrogen and oxygen atoms in total. The predicted octanol–water partition coefficient (Wildman–Crippen LogP) is 5.55. The van der Waals surface area contributed by atoms with Gasteiger partial charge >= 0.3 is 5.97 Å². The number of amides is 1.